The highest BCUT2D eigenvalue weighted by atomic mass is 32.1. The van der Waals surface area contributed by atoms with Crippen LogP contribution in [0.5, 0.6) is 5.75 Å². The monoisotopic (exact) mass is 247 g/mol. The van der Waals surface area contributed by atoms with E-state index in [0.717, 1.165) is 31.3 Å². The van der Waals surface area contributed by atoms with Gasteiger partial charge in [-0.25, -0.2) is 0 Å². The molecule has 3 rings (SSSR count). The van der Waals surface area contributed by atoms with E-state index < -0.39 is 0 Å². The van der Waals surface area contributed by atoms with Crippen molar-refractivity contribution in [3.05, 3.63) is 28.1 Å². The smallest absolute Gasteiger partial charge is 0.124 e. The Morgan fingerprint density at radius 1 is 1.24 bits per heavy atom. The normalized spacial score (nSPS) is 17.1. The van der Waals surface area contributed by atoms with Crippen LogP contribution in [0.2, 0.25) is 0 Å². The second kappa shape index (κ2) is 4.00. The molecule has 2 aromatic rings. The largest absolute Gasteiger partial charge is 0.507 e. The summed E-state index contributed by atoms with van der Waals surface area (Å²) >= 11 is 1.87. The van der Waals surface area contributed by atoms with E-state index in [1.807, 2.05) is 23.5 Å². The fourth-order valence-electron chi connectivity index (χ4n) is 2.60. The minimum absolute atomic E-state index is 0.452. The van der Waals surface area contributed by atoms with Crippen LogP contribution in [0.1, 0.15) is 16.0 Å². The van der Waals surface area contributed by atoms with Crippen molar-refractivity contribution in [3.63, 3.8) is 0 Å². The number of nitrogens with zero attached hydrogens (tertiary/aromatic N) is 1. The molecule has 0 aliphatic carbocycles. The zero-order valence-corrected chi connectivity index (χ0v) is 11.1. The molecular formula is C14H17NOS. The maximum Gasteiger partial charge on any atom is 0.124 e. The number of likely N-dealkylation sites (N-methyl/N-ethyl adjacent to an activating group) is 1. The first-order valence-electron chi connectivity index (χ1n) is 6.08. The van der Waals surface area contributed by atoms with E-state index in [0.29, 0.717) is 5.75 Å². The predicted octanol–water partition coefficient (Wildman–Crippen LogP) is 2.95. The lowest BCUT2D eigenvalue weighted by Gasteiger charge is -2.11. The predicted molar refractivity (Wildman–Crippen MR) is 73.1 cm³/mol. The van der Waals surface area contributed by atoms with Gasteiger partial charge >= 0.3 is 0 Å². The van der Waals surface area contributed by atoms with E-state index in [2.05, 4.69) is 18.9 Å². The maximum absolute atomic E-state index is 10.1. The molecule has 0 saturated carbocycles. The van der Waals surface area contributed by atoms with Crippen molar-refractivity contribution in [1.29, 1.82) is 0 Å². The van der Waals surface area contributed by atoms with E-state index in [4.69, 9.17) is 0 Å². The van der Waals surface area contributed by atoms with Gasteiger partial charge < -0.3 is 10.0 Å². The summed E-state index contributed by atoms with van der Waals surface area (Å²) in [6.07, 6.45) is 2.17. The van der Waals surface area contributed by atoms with Crippen LogP contribution < -0.4 is 0 Å². The molecule has 2 nitrogen and oxygen atoms in total. The molecule has 3 heteroatoms. The molecule has 90 valence electrons. The van der Waals surface area contributed by atoms with Crippen molar-refractivity contribution in [3.8, 4) is 5.75 Å². The molecule has 0 saturated heterocycles. The molecule has 0 atom stereocenters. The molecule has 0 unspecified atom stereocenters. The molecule has 1 aliphatic rings. The Morgan fingerprint density at radius 3 is 2.82 bits per heavy atom. The molecule has 1 aromatic heterocycles. The molecule has 1 aromatic carbocycles. The summed E-state index contributed by atoms with van der Waals surface area (Å²) in [4.78, 5) is 3.83. The average molecular weight is 247 g/mol. The van der Waals surface area contributed by atoms with E-state index in [1.165, 1.54) is 20.7 Å². The van der Waals surface area contributed by atoms with Crippen molar-refractivity contribution >= 4 is 21.4 Å². The van der Waals surface area contributed by atoms with Crippen molar-refractivity contribution in [2.45, 2.75) is 19.8 Å². The number of phenols is 1. The molecule has 0 fully saturated rings. The van der Waals surface area contributed by atoms with Crippen LogP contribution in [0.15, 0.2) is 12.1 Å². The summed E-state index contributed by atoms with van der Waals surface area (Å²) in [6, 6.07) is 3.85. The Morgan fingerprint density at radius 2 is 2.00 bits per heavy atom. The van der Waals surface area contributed by atoms with Gasteiger partial charge in [0.15, 0.2) is 0 Å². The highest BCUT2D eigenvalue weighted by Gasteiger charge is 2.19. The van der Waals surface area contributed by atoms with Gasteiger partial charge in [-0.05, 0) is 44.0 Å². The van der Waals surface area contributed by atoms with Crippen LogP contribution in [0, 0.1) is 6.92 Å². The van der Waals surface area contributed by atoms with Crippen LogP contribution in [0.25, 0.3) is 10.1 Å². The van der Waals surface area contributed by atoms with Crippen LogP contribution in [0.4, 0.5) is 0 Å². The number of phenolic OH excluding ortho intramolecular Hbond substituents is 1. The number of rotatable bonds is 0. The number of fused-ring (bicyclic) bond motifs is 3. The Labute approximate surface area is 105 Å². The first kappa shape index (κ1) is 11.1. The molecule has 0 spiro atoms. The van der Waals surface area contributed by atoms with Gasteiger partial charge in [-0.3, -0.25) is 0 Å². The fraction of sp³-hybridized carbons (Fsp3) is 0.429. The number of hydrogen-bond acceptors (Lipinski definition) is 3. The number of aryl methyl sites for hydroxylation is 1. The Bertz CT molecular complexity index is 573. The number of thiophene rings is 1. The van der Waals surface area contributed by atoms with Crippen LogP contribution in [0.3, 0.4) is 0 Å². The first-order valence-corrected chi connectivity index (χ1v) is 6.90. The third-order valence-electron chi connectivity index (χ3n) is 3.66. The third kappa shape index (κ3) is 1.74. The standard InChI is InChI=1S/C14H17NOS/c1-9-3-4-11(16)13-10-5-7-15(2)8-6-12(10)17-14(9)13/h3-4,16H,5-8H2,1-2H3. The van der Waals surface area contributed by atoms with Gasteiger partial charge in [-0.1, -0.05) is 6.07 Å². The van der Waals surface area contributed by atoms with Crippen molar-refractivity contribution in [1.82, 2.24) is 4.90 Å². The van der Waals surface area contributed by atoms with E-state index in [-0.39, 0.29) is 0 Å². The maximum atomic E-state index is 10.1. The van der Waals surface area contributed by atoms with Crippen molar-refractivity contribution in [2.24, 2.45) is 0 Å². The lowest BCUT2D eigenvalue weighted by Crippen LogP contribution is -2.20. The van der Waals surface area contributed by atoms with Crippen molar-refractivity contribution < 1.29 is 5.11 Å². The van der Waals surface area contributed by atoms with Gasteiger partial charge in [0.1, 0.15) is 5.75 Å². The molecule has 17 heavy (non-hydrogen) atoms. The van der Waals surface area contributed by atoms with Gasteiger partial charge in [0.2, 0.25) is 0 Å². The third-order valence-corrected chi connectivity index (χ3v) is 5.09. The zero-order chi connectivity index (χ0) is 12.0. The van der Waals surface area contributed by atoms with Gasteiger partial charge in [-0.2, -0.15) is 0 Å². The van der Waals surface area contributed by atoms with Crippen LogP contribution >= 0.6 is 11.3 Å². The van der Waals surface area contributed by atoms with Gasteiger partial charge in [0, 0.05) is 28.1 Å². The van der Waals surface area contributed by atoms with Crippen molar-refractivity contribution in [2.75, 3.05) is 20.1 Å². The zero-order valence-electron chi connectivity index (χ0n) is 10.3. The Kier molecular flexibility index (Phi) is 2.60. The summed E-state index contributed by atoms with van der Waals surface area (Å²) in [5.41, 5.74) is 2.67. The van der Waals surface area contributed by atoms with Crippen LogP contribution in [-0.2, 0) is 12.8 Å². The molecular weight excluding hydrogens is 230 g/mol. The van der Waals surface area contributed by atoms with E-state index in [1.54, 1.807) is 0 Å². The minimum Gasteiger partial charge on any atom is -0.507 e. The Hall–Kier alpha value is -1.06. The minimum atomic E-state index is 0.452. The SMILES string of the molecule is Cc1ccc(O)c2c3c(sc12)CCN(C)CC3. The lowest BCUT2D eigenvalue weighted by molar-refractivity contribution is 0.353. The second-order valence-electron chi connectivity index (χ2n) is 4.91. The summed E-state index contributed by atoms with van der Waals surface area (Å²) in [6.45, 7) is 4.34. The summed E-state index contributed by atoms with van der Waals surface area (Å²) in [5.74, 6) is 0.452. The number of hydrogen-bond donors (Lipinski definition) is 1. The first-order chi connectivity index (χ1) is 8.16. The quantitative estimate of drug-likeness (QED) is 0.773. The molecule has 1 N–H and O–H groups in total. The van der Waals surface area contributed by atoms with Gasteiger partial charge in [0.25, 0.3) is 0 Å². The molecule has 0 bridgehead atoms. The Balaban J connectivity index is 2.24. The van der Waals surface area contributed by atoms with Crippen LogP contribution in [-0.4, -0.2) is 30.1 Å². The topological polar surface area (TPSA) is 23.5 Å². The van der Waals surface area contributed by atoms with Gasteiger partial charge in [0.05, 0.1) is 0 Å². The molecule has 0 amide bonds. The second-order valence-corrected chi connectivity index (χ2v) is 6.02. The molecule has 2 heterocycles. The molecule has 0 radical (unpaired) electrons. The van der Waals surface area contributed by atoms with E-state index in [9.17, 15) is 5.11 Å². The number of benzene rings is 1. The number of aromatic hydroxyl groups is 1. The lowest BCUT2D eigenvalue weighted by atomic mass is 10.0. The fourth-order valence-corrected chi connectivity index (χ4v) is 3.92. The molecule has 1 aliphatic heterocycles. The summed E-state index contributed by atoms with van der Waals surface area (Å²) in [5, 5.41) is 11.2. The summed E-state index contributed by atoms with van der Waals surface area (Å²) in [7, 11) is 2.17. The average Bonchev–Trinajstić information content (AvgIpc) is 2.59. The summed E-state index contributed by atoms with van der Waals surface area (Å²) < 4.78 is 1.28. The highest BCUT2D eigenvalue weighted by Crippen LogP contribution is 2.40. The van der Waals surface area contributed by atoms with Gasteiger partial charge in [-0.15, -0.1) is 11.3 Å². The van der Waals surface area contributed by atoms with E-state index >= 15 is 0 Å². The highest BCUT2D eigenvalue weighted by molar-refractivity contribution is 7.19.